The van der Waals surface area contributed by atoms with Crippen LogP contribution in [0.3, 0.4) is 0 Å². The number of nitrogens with two attached hydrogens (primary N) is 1. The first-order chi connectivity index (χ1) is 12.7. The number of hydrogen-bond donors (Lipinski definition) is 2. The van der Waals surface area contributed by atoms with E-state index in [2.05, 4.69) is 39.7 Å². The van der Waals surface area contributed by atoms with Crippen molar-refractivity contribution in [3.05, 3.63) is 78.0 Å². The van der Waals surface area contributed by atoms with Crippen LogP contribution in [0.2, 0.25) is 0 Å². The summed E-state index contributed by atoms with van der Waals surface area (Å²) in [6, 6.07) is 21.7. The van der Waals surface area contributed by atoms with E-state index in [1.165, 1.54) is 10.8 Å². The summed E-state index contributed by atoms with van der Waals surface area (Å²) in [7, 11) is 0. The average molecular weight is 344 g/mol. The second-order valence-electron chi connectivity index (χ2n) is 5.84. The molecule has 0 aliphatic carbocycles. The monoisotopic (exact) mass is 344 g/mol. The lowest BCUT2D eigenvalue weighted by atomic mass is 10.1. The maximum Gasteiger partial charge on any atom is 0.271 e. The van der Waals surface area contributed by atoms with Crippen molar-refractivity contribution in [3.8, 4) is 17.0 Å². The van der Waals surface area contributed by atoms with E-state index in [-0.39, 0.29) is 5.69 Å². The zero-order valence-corrected chi connectivity index (χ0v) is 13.8. The third kappa shape index (κ3) is 3.00. The van der Waals surface area contributed by atoms with Gasteiger partial charge in [-0.25, -0.2) is 0 Å². The second kappa shape index (κ2) is 6.68. The van der Waals surface area contributed by atoms with Crippen LogP contribution in [0.15, 0.2) is 66.7 Å². The molecule has 26 heavy (non-hydrogen) atoms. The third-order valence-electron chi connectivity index (χ3n) is 4.16. The maximum atomic E-state index is 11.4. The molecule has 3 aromatic carbocycles. The zero-order chi connectivity index (χ0) is 17.9. The number of H-pyrrole nitrogens is 1. The number of primary amides is 1. The number of amides is 1. The molecule has 0 unspecified atom stereocenters. The number of ether oxygens (including phenoxy) is 1. The number of carbonyl (C=O) groups is 1. The molecule has 0 aliphatic heterocycles. The van der Waals surface area contributed by atoms with Crippen molar-refractivity contribution in [2.24, 2.45) is 5.73 Å². The lowest BCUT2D eigenvalue weighted by molar-refractivity contribution is 0.0996. The number of fused-ring (bicyclic) bond motifs is 1. The lowest BCUT2D eigenvalue weighted by Crippen LogP contribution is -2.12. The standard InChI is InChI=1S/C20H16N4O2/c21-20(25)19-18(22-24-23-19)14-7-4-9-16(11-14)26-12-15-8-3-6-13-5-1-2-10-17(13)15/h1-11H,12H2,(H2,21,25)(H,22,23,24). The number of benzene rings is 3. The highest BCUT2D eigenvalue weighted by Gasteiger charge is 2.15. The van der Waals surface area contributed by atoms with Gasteiger partial charge in [0, 0.05) is 5.56 Å². The Kier molecular flexibility index (Phi) is 4.07. The molecule has 0 spiro atoms. The fraction of sp³-hybridized carbons (Fsp3) is 0.0500. The van der Waals surface area contributed by atoms with Gasteiger partial charge in [-0.2, -0.15) is 15.4 Å². The van der Waals surface area contributed by atoms with Gasteiger partial charge in [0.2, 0.25) is 0 Å². The summed E-state index contributed by atoms with van der Waals surface area (Å²) in [5.41, 5.74) is 7.66. The molecule has 1 aromatic heterocycles. The molecular weight excluding hydrogens is 328 g/mol. The lowest BCUT2D eigenvalue weighted by Gasteiger charge is -2.10. The number of nitrogens with zero attached hydrogens (tertiary/aromatic N) is 2. The second-order valence-corrected chi connectivity index (χ2v) is 5.84. The molecule has 0 saturated heterocycles. The van der Waals surface area contributed by atoms with Gasteiger partial charge in [-0.3, -0.25) is 4.79 Å². The quantitative estimate of drug-likeness (QED) is 0.581. The molecule has 3 N–H and O–H groups in total. The Hall–Kier alpha value is -3.67. The van der Waals surface area contributed by atoms with Gasteiger partial charge in [0.1, 0.15) is 18.1 Å². The normalized spacial score (nSPS) is 10.8. The van der Waals surface area contributed by atoms with E-state index >= 15 is 0 Å². The Morgan fingerprint density at radius 3 is 2.69 bits per heavy atom. The van der Waals surface area contributed by atoms with Crippen molar-refractivity contribution in [1.82, 2.24) is 15.4 Å². The van der Waals surface area contributed by atoms with Crippen molar-refractivity contribution in [3.63, 3.8) is 0 Å². The predicted molar refractivity (Wildman–Crippen MR) is 98.6 cm³/mol. The molecule has 0 fully saturated rings. The van der Waals surface area contributed by atoms with Crippen LogP contribution in [-0.4, -0.2) is 21.3 Å². The van der Waals surface area contributed by atoms with Crippen LogP contribution in [0.25, 0.3) is 22.0 Å². The number of carbonyl (C=O) groups excluding carboxylic acids is 1. The van der Waals surface area contributed by atoms with Crippen LogP contribution < -0.4 is 10.5 Å². The molecule has 1 heterocycles. The number of aromatic amines is 1. The summed E-state index contributed by atoms with van der Waals surface area (Å²) in [6.07, 6.45) is 0. The van der Waals surface area contributed by atoms with Crippen molar-refractivity contribution >= 4 is 16.7 Å². The summed E-state index contributed by atoms with van der Waals surface area (Å²) >= 11 is 0. The fourth-order valence-electron chi connectivity index (χ4n) is 2.92. The largest absolute Gasteiger partial charge is 0.489 e. The summed E-state index contributed by atoms with van der Waals surface area (Å²) in [5.74, 6) is 0.0460. The highest BCUT2D eigenvalue weighted by atomic mass is 16.5. The molecule has 6 nitrogen and oxygen atoms in total. The molecule has 0 saturated carbocycles. The minimum atomic E-state index is -0.629. The zero-order valence-electron chi connectivity index (χ0n) is 13.8. The van der Waals surface area contributed by atoms with E-state index in [1.54, 1.807) is 0 Å². The van der Waals surface area contributed by atoms with Crippen LogP contribution in [0.1, 0.15) is 16.1 Å². The first-order valence-electron chi connectivity index (χ1n) is 8.13. The van der Waals surface area contributed by atoms with Gasteiger partial charge in [0.05, 0.1) is 0 Å². The number of rotatable bonds is 5. The van der Waals surface area contributed by atoms with Crippen molar-refractivity contribution in [1.29, 1.82) is 0 Å². The molecule has 0 bridgehead atoms. The minimum Gasteiger partial charge on any atom is -0.489 e. The smallest absolute Gasteiger partial charge is 0.271 e. The Bertz CT molecular complexity index is 1080. The van der Waals surface area contributed by atoms with E-state index in [9.17, 15) is 4.79 Å². The molecule has 128 valence electrons. The van der Waals surface area contributed by atoms with Crippen LogP contribution >= 0.6 is 0 Å². The summed E-state index contributed by atoms with van der Waals surface area (Å²) in [4.78, 5) is 11.4. The van der Waals surface area contributed by atoms with E-state index in [1.807, 2.05) is 42.5 Å². The number of aromatic nitrogens is 3. The predicted octanol–water partition coefficient (Wildman–Crippen LogP) is 3.30. The Morgan fingerprint density at radius 2 is 1.81 bits per heavy atom. The van der Waals surface area contributed by atoms with Gasteiger partial charge in [-0.05, 0) is 28.5 Å². The molecule has 4 rings (SSSR count). The van der Waals surface area contributed by atoms with Gasteiger partial charge in [-0.15, -0.1) is 0 Å². The van der Waals surface area contributed by atoms with Gasteiger partial charge in [-0.1, -0.05) is 54.6 Å². The highest BCUT2D eigenvalue weighted by Crippen LogP contribution is 2.25. The van der Waals surface area contributed by atoms with E-state index in [4.69, 9.17) is 10.5 Å². The van der Waals surface area contributed by atoms with E-state index < -0.39 is 5.91 Å². The van der Waals surface area contributed by atoms with Crippen LogP contribution in [0.4, 0.5) is 0 Å². The van der Waals surface area contributed by atoms with Crippen LogP contribution in [0, 0.1) is 0 Å². The maximum absolute atomic E-state index is 11.4. The molecule has 0 atom stereocenters. The molecule has 0 radical (unpaired) electrons. The Labute approximate surface area is 149 Å². The van der Waals surface area contributed by atoms with Crippen molar-refractivity contribution in [2.45, 2.75) is 6.61 Å². The average Bonchev–Trinajstić information content (AvgIpc) is 3.17. The third-order valence-corrected chi connectivity index (χ3v) is 4.16. The SMILES string of the molecule is NC(=O)c1n[nH]nc1-c1cccc(OCc2cccc3ccccc23)c1. The molecule has 1 amide bonds. The topological polar surface area (TPSA) is 93.9 Å². The first kappa shape index (κ1) is 15.8. The molecular formula is C20H16N4O2. The van der Waals surface area contributed by atoms with Gasteiger partial charge >= 0.3 is 0 Å². The summed E-state index contributed by atoms with van der Waals surface area (Å²) < 4.78 is 5.96. The molecule has 6 heteroatoms. The Morgan fingerprint density at radius 1 is 1.00 bits per heavy atom. The van der Waals surface area contributed by atoms with Crippen molar-refractivity contribution < 1.29 is 9.53 Å². The highest BCUT2D eigenvalue weighted by molar-refractivity contribution is 5.96. The van der Waals surface area contributed by atoms with Gasteiger partial charge in [0.15, 0.2) is 5.69 Å². The minimum absolute atomic E-state index is 0.108. The van der Waals surface area contributed by atoms with Gasteiger partial charge < -0.3 is 10.5 Å². The number of hydrogen-bond acceptors (Lipinski definition) is 4. The van der Waals surface area contributed by atoms with Crippen LogP contribution in [-0.2, 0) is 6.61 Å². The van der Waals surface area contributed by atoms with E-state index in [0.717, 1.165) is 5.56 Å². The van der Waals surface area contributed by atoms with Gasteiger partial charge in [0.25, 0.3) is 5.91 Å². The molecule has 0 aliphatic rings. The molecule has 4 aromatic rings. The van der Waals surface area contributed by atoms with Crippen molar-refractivity contribution in [2.75, 3.05) is 0 Å². The Balaban J connectivity index is 1.60. The number of nitrogens with one attached hydrogen (secondary N) is 1. The first-order valence-corrected chi connectivity index (χ1v) is 8.13. The van der Waals surface area contributed by atoms with Crippen LogP contribution in [0.5, 0.6) is 5.75 Å². The fourth-order valence-corrected chi connectivity index (χ4v) is 2.92. The van der Waals surface area contributed by atoms with E-state index in [0.29, 0.717) is 23.6 Å². The summed E-state index contributed by atoms with van der Waals surface area (Å²) in [5, 5.41) is 12.6. The summed E-state index contributed by atoms with van der Waals surface area (Å²) in [6.45, 7) is 0.437.